The summed E-state index contributed by atoms with van der Waals surface area (Å²) in [5.41, 5.74) is 9.63. The predicted molar refractivity (Wildman–Crippen MR) is 155 cm³/mol. The molecule has 0 saturated heterocycles. The summed E-state index contributed by atoms with van der Waals surface area (Å²) in [5, 5.41) is 0.991. The maximum atomic E-state index is 14.2. The van der Waals surface area contributed by atoms with Crippen LogP contribution in [0.1, 0.15) is 65.9 Å². The second-order valence-electron chi connectivity index (χ2n) is 8.98. The molecule has 0 atom stereocenters. The Bertz CT molecular complexity index is 1280. The Labute approximate surface area is 225 Å². The summed E-state index contributed by atoms with van der Waals surface area (Å²) in [6.45, 7) is 8.52. The monoisotopic (exact) mass is 514 g/mol. The van der Waals surface area contributed by atoms with E-state index < -0.39 is 0 Å². The molecule has 0 fully saturated rings. The molecule has 4 rings (SSSR count). The van der Waals surface area contributed by atoms with Gasteiger partial charge in [-0.1, -0.05) is 112 Å². The summed E-state index contributed by atoms with van der Waals surface area (Å²) in [4.78, 5) is 14.2. The first-order chi connectivity index (χ1) is 17.5. The number of hydrogen-bond donors (Lipinski definition) is 0. The SMILES string of the molecule is CCc1cc(C(=O)c2cc(CC)c(CC)c(-c3ccccc3)c2Cl)c(Cl)c(-c2ccccc2)c1CC. The zero-order valence-electron chi connectivity index (χ0n) is 21.4. The van der Waals surface area contributed by atoms with Crippen LogP contribution in [0.3, 0.4) is 0 Å². The minimum absolute atomic E-state index is 0.130. The molecule has 0 saturated carbocycles. The summed E-state index contributed by atoms with van der Waals surface area (Å²) in [5.74, 6) is -0.130. The van der Waals surface area contributed by atoms with E-state index >= 15 is 0 Å². The molecule has 0 amide bonds. The van der Waals surface area contributed by atoms with E-state index in [1.54, 1.807) is 0 Å². The van der Waals surface area contributed by atoms with Gasteiger partial charge in [0, 0.05) is 22.3 Å². The number of aryl methyl sites for hydroxylation is 2. The van der Waals surface area contributed by atoms with Crippen LogP contribution in [-0.4, -0.2) is 5.78 Å². The number of halogens is 2. The maximum absolute atomic E-state index is 14.2. The zero-order valence-corrected chi connectivity index (χ0v) is 22.9. The molecular formula is C33H32Cl2O. The molecule has 0 aliphatic rings. The molecule has 184 valence electrons. The van der Waals surface area contributed by atoms with Crippen LogP contribution < -0.4 is 0 Å². The Balaban J connectivity index is 2.00. The first-order valence-electron chi connectivity index (χ1n) is 12.8. The lowest BCUT2D eigenvalue weighted by molar-refractivity contribution is 0.103. The average molecular weight is 516 g/mol. The van der Waals surface area contributed by atoms with Gasteiger partial charge in [-0.15, -0.1) is 0 Å². The molecule has 36 heavy (non-hydrogen) atoms. The van der Waals surface area contributed by atoms with Crippen LogP contribution in [-0.2, 0) is 25.7 Å². The average Bonchev–Trinajstić information content (AvgIpc) is 2.92. The van der Waals surface area contributed by atoms with Crippen molar-refractivity contribution in [1.82, 2.24) is 0 Å². The molecule has 3 heteroatoms. The minimum Gasteiger partial charge on any atom is -0.288 e. The van der Waals surface area contributed by atoms with Crippen LogP contribution in [0.15, 0.2) is 72.8 Å². The van der Waals surface area contributed by atoms with Gasteiger partial charge in [0.2, 0.25) is 0 Å². The minimum atomic E-state index is -0.130. The Hall–Kier alpha value is -2.87. The van der Waals surface area contributed by atoms with Crippen molar-refractivity contribution in [2.75, 3.05) is 0 Å². The summed E-state index contributed by atoms with van der Waals surface area (Å²) in [7, 11) is 0. The van der Waals surface area contributed by atoms with E-state index in [1.165, 1.54) is 11.1 Å². The lowest BCUT2D eigenvalue weighted by atomic mass is 9.85. The number of benzene rings is 4. The lowest BCUT2D eigenvalue weighted by Crippen LogP contribution is -2.10. The maximum Gasteiger partial charge on any atom is 0.196 e. The Morgan fingerprint density at radius 3 is 1.25 bits per heavy atom. The summed E-state index contributed by atoms with van der Waals surface area (Å²) in [6.07, 6.45) is 3.31. The number of carbonyl (C=O) groups excluding carboxylic acids is 1. The third-order valence-electron chi connectivity index (χ3n) is 7.01. The van der Waals surface area contributed by atoms with Crippen molar-refractivity contribution < 1.29 is 4.79 Å². The van der Waals surface area contributed by atoms with Crippen molar-refractivity contribution in [3.05, 3.63) is 116 Å². The van der Waals surface area contributed by atoms with Crippen LogP contribution >= 0.6 is 23.2 Å². The summed E-state index contributed by atoms with van der Waals surface area (Å²) in [6, 6.07) is 24.2. The van der Waals surface area contributed by atoms with E-state index in [1.807, 2.05) is 48.5 Å². The smallest absolute Gasteiger partial charge is 0.196 e. The standard InChI is InChI=1S/C33H32Cl2O/c1-5-21-19-27(31(34)29(25(21)7-3)23-15-11-9-12-16-23)33(36)28-20-22(6-2)26(8-4)30(32(28)35)24-17-13-10-14-18-24/h9-20H,5-8H2,1-4H3. The summed E-state index contributed by atoms with van der Waals surface area (Å²) >= 11 is 14.2. The second-order valence-corrected chi connectivity index (χ2v) is 9.73. The first kappa shape index (κ1) is 26.2. The largest absolute Gasteiger partial charge is 0.288 e. The normalized spacial score (nSPS) is 11.1. The van der Waals surface area contributed by atoms with Crippen molar-refractivity contribution in [3.8, 4) is 22.3 Å². The quantitative estimate of drug-likeness (QED) is 0.214. The van der Waals surface area contributed by atoms with Gasteiger partial charge in [-0.3, -0.25) is 4.79 Å². The van der Waals surface area contributed by atoms with E-state index in [2.05, 4.69) is 52.0 Å². The van der Waals surface area contributed by atoms with Gasteiger partial charge in [-0.05, 0) is 71.2 Å². The third kappa shape index (κ3) is 4.75. The molecule has 0 unspecified atom stereocenters. The van der Waals surface area contributed by atoms with Crippen LogP contribution in [0.4, 0.5) is 0 Å². The van der Waals surface area contributed by atoms with Crippen LogP contribution in [0.2, 0.25) is 10.0 Å². The van der Waals surface area contributed by atoms with Gasteiger partial charge in [0.15, 0.2) is 5.78 Å². The fourth-order valence-electron chi connectivity index (χ4n) is 5.23. The zero-order chi connectivity index (χ0) is 25.8. The van der Waals surface area contributed by atoms with Crippen molar-refractivity contribution in [2.45, 2.75) is 53.4 Å². The molecule has 0 N–H and O–H groups in total. The van der Waals surface area contributed by atoms with Gasteiger partial charge in [-0.25, -0.2) is 0 Å². The van der Waals surface area contributed by atoms with Gasteiger partial charge >= 0.3 is 0 Å². The molecule has 0 spiro atoms. The second kappa shape index (κ2) is 11.5. The molecule has 0 radical (unpaired) electrons. The third-order valence-corrected chi connectivity index (χ3v) is 7.80. The van der Waals surface area contributed by atoms with E-state index in [-0.39, 0.29) is 5.78 Å². The molecule has 4 aromatic rings. The van der Waals surface area contributed by atoms with Crippen LogP contribution in [0, 0.1) is 0 Å². The molecule has 4 aromatic carbocycles. The van der Waals surface area contributed by atoms with E-state index in [9.17, 15) is 4.79 Å². The fourth-order valence-corrected chi connectivity index (χ4v) is 5.96. The van der Waals surface area contributed by atoms with Gasteiger partial charge in [0.05, 0.1) is 10.0 Å². The molecule has 0 aromatic heterocycles. The highest BCUT2D eigenvalue weighted by molar-refractivity contribution is 6.41. The van der Waals surface area contributed by atoms with Crippen LogP contribution in [0.5, 0.6) is 0 Å². The van der Waals surface area contributed by atoms with Crippen LogP contribution in [0.25, 0.3) is 22.3 Å². The highest BCUT2D eigenvalue weighted by atomic mass is 35.5. The fraction of sp³-hybridized carbons (Fsp3) is 0.242. The Morgan fingerprint density at radius 2 is 0.944 bits per heavy atom. The molecule has 0 aliphatic carbocycles. The van der Waals surface area contributed by atoms with Gasteiger partial charge in [0.25, 0.3) is 0 Å². The predicted octanol–water partition coefficient (Wildman–Crippen LogP) is 9.81. The van der Waals surface area contributed by atoms with E-state index in [4.69, 9.17) is 23.2 Å². The van der Waals surface area contributed by atoms with Crippen molar-refractivity contribution in [2.24, 2.45) is 0 Å². The molecule has 0 heterocycles. The van der Waals surface area contributed by atoms with Gasteiger partial charge < -0.3 is 0 Å². The first-order valence-corrected chi connectivity index (χ1v) is 13.6. The van der Waals surface area contributed by atoms with Crippen molar-refractivity contribution >= 4 is 29.0 Å². The number of ketones is 1. The highest BCUT2D eigenvalue weighted by Gasteiger charge is 2.26. The lowest BCUT2D eigenvalue weighted by Gasteiger charge is -2.21. The van der Waals surface area contributed by atoms with Crippen molar-refractivity contribution in [3.63, 3.8) is 0 Å². The van der Waals surface area contributed by atoms with Gasteiger partial charge in [-0.2, -0.15) is 0 Å². The molecule has 0 bridgehead atoms. The van der Waals surface area contributed by atoms with Gasteiger partial charge in [0.1, 0.15) is 0 Å². The summed E-state index contributed by atoms with van der Waals surface area (Å²) < 4.78 is 0. The Kier molecular flexibility index (Phi) is 8.34. The Morgan fingerprint density at radius 1 is 0.583 bits per heavy atom. The van der Waals surface area contributed by atoms with E-state index in [0.717, 1.165) is 59.1 Å². The highest BCUT2D eigenvalue weighted by Crippen LogP contribution is 2.41. The number of hydrogen-bond acceptors (Lipinski definition) is 1. The molecule has 1 nitrogen and oxygen atoms in total. The number of carbonyl (C=O) groups is 1. The molecular weight excluding hydrogens is 483 g/mol. The topological polar surface area (TPSA) is 17.1 Å². The van der Waals surface area contributed by atoms with Crippen molar-refractivity contribution in [1.29, 1.82) is 0 Å². The number of rotatable bonds is 8. The van der Waals surface area contributed by atoms with E-state index in [0.29, 0.717) is 21.2 Å². The molecule has 0 aliphatic heterocycles.